The van der Waals surface area contributed by atoms with Gasteiger partial charge in [-0.05, 0) is 17.7 Å². The largest absolute Gasteiger partial charge is 0.207 e. The molecule has 0 amide bonds. The fourth-order valence-electron chi connectivity index (χ4n) is 0.608. The van der Waals surface area contributed by atoms with Gasteiger partial charge >= 0.3 is 0 Å². The third kappa shape index (κ3) is 1.96. The van der Waals surface area contributed by atoms with Crippen LogP contribution in [0.4, 0.5) is 4.39 Å². The smallest absolute Gasteiger partial charge is 0.123 e. The van der Waals surface area contributed by atoms with Crippen molar-refractivity contribution in [2.24, 2.45) is 0 Å². The zero-order valence-electron chi connectivity index (χ0n) is 5.02. The summed E-state index contributed by atoms with van der Waals surface area (Å²) in [7, 11) is 0. The fourth-order valence-corrected chi connectivity index (χ4v) is 1.06. The Morgan fingerprint density at radius 1 is 1.30 bits per heavy atom. The van der Waals surface area contributed by atoms with Gasteiger partial charge in [-0.1, -0.05) is 28.1 Å². The van der Waals surface area contributed by atoms with Crippen LogP contribution >= 0.6 is 27.5 Å². The van der Waals surface area contributed by atoms with Crippen LogP contribution in [0.5, 0.6) is 0 Å². The zero-order chi connectivity index (χ0) is 7.56. The average molecular weight is 223 g/mol. The van der Waals surface area contributed by atoms with E-state index >= 15 is 0 Å². The number of rotatable bonds is 1. The van der Waals surface area contributed by atoms with Crippen molar-refractivity contribution < 1.29 is 4.39 Å². The van der Waals surface area contributed by atoms with Gasteiger partial charge in [0.2, 0.25) is 0 Å². The Labute approximate surface area is 72.1 Å². The van der Waals surface area contributed by atoms with E-state index in [1.54, 1.807) is 12.1 Å². The second-order valence-corrected chi connectivity index (χ2v) is 3.73. The van der Waals surface area contributed by atoms with E-state index in [0.29, 0.717) is 0 Å². The molecule has 0 fully saturated rings. The molecule has 0 aromatic heterocycles. The lowest BCUT2D eigenvalue weighted by atomic mass is 10.2. The molecule has 0 saturated heterocycles. The van der Waals surface area contributed by atoms with Crippen LogP contribution in [0.15, 0.2) is 24.3 Å². The highest BCUT2D eigenvalue weighted by Crippen LogP contribution is 2.26. The van der Waals surface area contributed by atoms with Crippen molar-refractivity contribution in [3.63, 3.8) is 0 Å². The molecule has 0 radical (unpaired) electrons. The second kappa shape index (κ2) is 3.35. The summed E-state index contributed by atoms with van der Waals surface area (Å²) in [6.45, 7) is 0. The Hall–Kier alpha value is -0.0800. The molecule has 1 rings (SSSR count). The maximum atomic E-state index is 12.3. The van der Waals surface area contributed by atoms with Gasteiger partial charge in [-0.25, -0.2) is 4.39 Å². The first-order chi connectivity index (χ1) is 4.70. The Bertz CT molecular complexity index is 207. The molecule has 0 aliphatic heterocycles. The van der Waals surface area contributed by atoms with Gasteiger partial charge in [0.1, 0.15) is 10.1 Å². The monoisotopic (exact) mass is 222 g/mol. The summed E-state index contributed by atoms with van der Waals surface area (Å²) in [5, 5.41) is 0. The summed E-state index contributed by atoms with van der Waals surface area (Å²) in [4.78, 5) is 0. The molecule has 0 spiro atoms. The van der Waals surface area contributed by atoms with E-state index in [2.05, 4.69) is 15.9 Å². The van der Waals surface area contributed by atoms with E-state index in [1.807, 2.05) is 0 Å². The molecule has 0 heterocycles. The molecule has 1 atom stereocenters. The maximum Gasteiger partial charge on any atom is 0.123 e. The van der Waals surface area contributed by atoms with Gasteiger partial charge in [0.15, 0.2) is 0 Å². The highest BCUT2D eigenvalue weighted by Gasteiger charge is 2.00. The molecule has 0 saturated carbocycles. The molecule has 0 aliphatic carbocycles. The molecule has 0 aliphatic rings. The highest BCUT2D eigenvalue weighted by atomic mass is 79.9. The lowest BCUT2D eigenvalue weighted by Crippen LogP contribution is -1.80. The van der Waals surface area contributed by atoms with Gasteiger partial charge in [0.05, 0.1) is 0 Å². The van der Waals surface area contributed by atoms with Gasteiger partial charge < -0.3 is 0 Å². The second-order valence-electron chi connectivity index (χ2n) is 1.85. The van der Waals surface area contributed by atoms with Crippen LogP contribution in [0.2, 0.25) is 0 Å². The fraction of sp³-hybridized carbons (Fsp3) is 0.143. The summed E-state index contributed by atoms with van der Waals surface area (Å²) < 4.78 is 12.1. The van der Waals surface area contributed by atoms with Crippen molar-refractivity contribution in [2.45, 2.75) is 4.29 Å². The molecule has 0 bridgehead atoms. The Kier molecular flexibility index (Phi) is 2.69. The van der Waals surface area contributed by atoms with Gasteiger partial charge in [-0.3, -0.25) is 0 Å². The molecular formula is C7H5BrClF. The number of hydrogen-bond donors (Lipinski definition) is 0. The topological polar surface area (TPSA) is 0 Å². The highest BCUT2D eigenvalue weighted by molar-refractivity contribution is 9.09. The SMILES string of the molecule is Fc1ccc(C(Cl)Br)cc1. The summed E-state index contributed by atoms with van der Waals surface area (Å²) in [6.07, 6.45) is 0. The maximum absolute atomic E-state index is 12.3. The predicted molar refractivity (Wildman–Crippen MR) is 43.9 cm³/mol. The Morgan fingerprint density at radius 2 is 1.80 bits per heavy atom. The zero-order valence-corrected chi connectivity index (χ0v) is 7.36. The van der Waals surface area contributed by atoms with Crippen LogP contribution in [0.3, 0.4) is 0 Å². The average Bonchev–Trinajstić information content (AvgIpc) is 1.88. The van der Waals surface area contributed by atoms with Gasteiger partial charge in [0, 0.05) is 0 Å². The van der Waals surface area contributed by atoms with E-state index in [9.17, 15) is 4.39 Å². The van der Waals surface area contributed by atoms with Crippen LogP contribution in [0, 0.1) is 5.82 Å². The summed E-state index contributed by atoms with van der Waals surface area (Å²) in [5.41, 5.74) is 0.864. The number of alkyl halides is 2. The quantitative estimate of drug-likeness (QED) is 0.640. The summed E-state index contributed by atoms with van der Waals surface area (Å²) >= 11 is 8.80. The van der Waals surface area contributed by atoms with Gasteiger partial charge in [0.25, 0.3) is 0 Å². The van der Waals surface area contributed by atoms with Crippen molar-refractivity contribution in [3.05, 3.63) is 35.6 Å². The third-order valence-corrected chi connectivity index (χ3v) is 1.90. The Morgan fingerprint density at radius 3 is 2.20 bits per heavy atom. The van der Waals surface area contributed by atoms with Gasteiger partial charge in [-0.15, -0.1) is 11.6 Å². The van der Waals surface area contributed by atoms with E-state index in [-0.39, 0.29) is 10.1 Å². The predicted octanol–water partition coefficient (Wildman–Crippen LogP) is 3.46. The van der Waals surface area contributed by atoms with Crippen LogP contribution < -0.4 is 0 Å². The summed E-state index contributed by atoms with van der Waals surface area (Å²) in [5.74, 6) is -0.242. The van der Waals surface area contributed by atoms with Crippen molar-refractivity contribution in [1.29, 1.82) is 0 Å². The normalized spacial score (nSPS) is 13.1. The van der Waals surface area contributed by atoms with E-state index in [4.69, 9.17) is 11.6 Å². The molecule has 10 heavy (non-hydrogen) atoms. The minimum Gasteiger partial charge on any atom is -0.207 e. The Balaban J connectivity index is 2.89. The number of hydrogen-bond acceptors (Lipinski definition) is 0. The van der Waals surface area contributed by atoms with Crippen molar-refractivity contribution in [1.82, 2.24) is 0 Å². The minimum absolute atomic E-state index is 0.229. The first-order valence-electron chi connectivity index (χ1n) is 2.74. The molecule has 54 valence electrons. The van der Waals surface area contributed by atoms with Crippen molar-refractivity contribution in [2.75, 3.05) is 0 Å². The molecular weight excluding hydrogens is 218 g/mol. The van der Waals surface area contributed by atoms with Crippen LogP contribution in [-0.4, -0.2) is 0 Å². The van der Waals surface area contributed by atoms with E-state index in [0.717, 1.165) is 5.56 Å². The van der Waals surface area contributed by atoms with E-state index in [1.165, 1.54) is 12.1 Å². The minimum atomic E-state index is -0.242. The first-order valence-corrected chi connectivity index (χ1v) is 4.09. The molecule has 0 nitrogen and oxygen atoms in total. The van der Waals surface area contributed by atoms with Crippen molar-refractivity contribution in [3.8, 4) is 0 Å². The summed E-state index contributed by atoms with van der Waals surface area (Å²) in [6, 6.07) is 6.04. The lowest BCUT2D eigenvalue weighted by Gasteiger charge is -1.98. The standard InChI is InChI=1S/C7H5BrClF/c8-7(9)5-1-3-6(10)4-2-5/h1-4,7H. The van der Waals surface area contributed by atoms with E-state index < -0.39 is 0 Å². The molecule has 0 N–H and O–H groups in total. The third-order valence-electron chi connectivity index (χ3n) is 1.12. The first kappa shape index (κ1) is 8.02. The van der Waals surface area contributed by atoms with Gasteiger partial charge in [-0.2, -0.15) is 0 Å². The lowest BCUT2D eigenvalue weighted by molar-refractivity contribution is 0.627. The van der Waals surface area contributed by atoms with Crippen molar-refractivity contribution >= 4 is 27.5 Å². The van der Waals surface area contributed by atoms with Crippen LogP contribution in [0.25, 0.3) is 0 Å². The van der Waals surface area contributed by atoms with Crippen LogP contribution in [-0.2, 0) is 0 Å². The van der Waals surface area contributed by atoms with Crippen LogP contribution in [0.1, 0.15) is 9.85 Å². The molecule has 3 heteroatoms. The number of halogens is 3. The molecule has 1 unspecified atom stereocenters. The number of benzene rings is 1. The molecule has 1 aromatic carbocycles. The molecule has 1 aromatic rings.